The maximum atomic E-state index is 11.8. The Kier molecular flexibility index (Phi) is 4.57. The Morgan fingerprint density at radius 1 is 1.32 bits per heavy atom. The van der Waals surface area contributed by atoms with E-state index in [1.165, 1.54) is 7.05 Å². The average Bonchev–Trinajstić information content (AvgIpc) is 2.79. The van der Waals surface area contributed by atoms with Crippen molar-refractivity contribution in [3.8, 4) is 5.69 Å². The molecule has 0 aliphatic rings. The van der Waals surface area contributed by atoms with Crippen molar-refractivity contribution in [1.29, 1.82) is 0 Å². The van der Waals surface area contributed by atoms with E-state index in [9.17, 15) is 13.2 Å². The van der Waals surface area contributed by atoms with E-state index in [4.69, 9.17) is 0 Å². The van der Waals surface area contributed by atoms with E-state index in [1.807, 2.05) is 30.3 Å². The normalized spacial score (nSPS) is 11.6. The van der Waals surface area contributed by atoms with Gasteiger partial charge in [0.15, 0.2) is 0 Å². The molecule has 2 rings (SSSR count). The Bertz CT molecular complexity index is 770. The van der Waals surface area contributed by atoms with E-state index in [1.54, 1.807) is 11.6 Å². The smallest absolute Gasteiger partial charge is 0.249 e. The molecule has 1 aromatic carbocycles. The number of sulfonamides is 1. The van der Waals surface area contributed by atoms with E-state index < -0.39 is 15.9 Å². The molecule has 0 spiro atoms. The summed E-state index contributed by atoms with van der Waals surface area (Å²) < 4.78 is 25.1. The fourth-order valence-electron chi connectivity index (χ4n) is 1.74. The number of carbonyl (C=O) groups is 1. The van der Waals surface area contributed by atoms with Crippen LogP contribution >= 0.6 is 0 Å². The molecule has 0 atom stereocenters. The first-order valence-corrected chi connectivity index (χ1v) is 8.32. The molecule has 0 saturated carbocycles. The highest BCUT2D eigenvalue weighted by Gasteiger charge is 2.17. The van der Waals surface area contributed by atoms with Crippen LogP contribution in [0, 0.1) is 6.92 Å². The maximum Gasteiger partial charge on any atom is 0.249 e. The number of nitrogens with zero attached hydrogens (tertiary/aromatic N) is 4. The number of anilines is 1. The topological polar surface area (TPSA) is 97.2 Å². The van der Waals surface area contributed by atoms with Crippen LogP contribution in [0.4, 0.5) is 5.95 Å². The second kappa shape index (κ2) is 6.24. The molecule has 2 aromatic rings. The van der Waals surface area contributed by atoms with E-state index in [0.717, 1.165) is 16.2 Å². The lowest BCUT2D eigenvalue weighted by Gasteiger charge is -2.12. The van der Waals surface area contributed by atoms with Gasteiger partial charge in [-0.1, -0.05) is 18.2 Å². The summed E-state index contributed by atoms with van der Waals surface area (Å²) in [7, 11) is -2.08. The largest absolute Gasteiger partial charge is 0.292 e. The zero-order chi connectivity index (χ0) is 16.3. The summed E-state index contributed by atoms with van der Waals surface area (Å²) in [6.45, 7) is 1.47. The second-order valence-corrected chi connectivity index (χ2v) is 6.89. The van der Waals surface area contributed by atoms with Crippen LogP contribution in [-0.2, 0) is 14.8 Å². The van der Waals surface area contributed by atoms with Crippen LogP contribution in [0.1, 0.15) is 5.82 Å². The minimum atomic E-state index is -3.41. The molecule has 0 aliphatic carbocycles. The van der Waals surface area contributed by atoms with Crippen molar-refractivity contribution >= 4 is 21.9 Å². The van der Waals surface area contributed by atoms with E-state index in [2.05, 4.69) is 15.4 Å². The summed E-state index contributed by atoms with van der Waals surface area (Å²) in [5, 5.41) is 6.68. The molecule has 0 unspecified atom stereocenters. The van der Waals surface area contributed by atoms with Crippen molar-refractivity contribution < 1.29 is 13.2 Å². The molecule has 0 fully saturated rings. The Morgan fingerprint density at radius 3 is 2.55 bits per heavy atom. The molecule has 1 heterocycles. The Morgan fingerprint density at radius 2 is 1.95 bits per heavy atom. The van der Waals surface area contributed by atoms with E-state index >= 15 is 0 Å². The van der Waals surface area contributed by atoms with Gasteiger partial charge in [-0.3, -0.25) is 10.1 Å². The molecule has 1 amide bonds. The third-order valence-electron chi connectivity index (χ3n) is 2.95. The van der Waals surface area contributed by atoms with Crippen LogP contribution in [0.15, 0.2) is 30.3 Å². The predicted octanol–water partition coefficient (Wildman–Crippen LogP) is 0.406. The Hall–Kier alpha value is -2.26. The van der Waals surface area contributed by atoms with Crippen LogP contribution < -0.4 is 5.32 Å². The van der Waals surface area contributed by atoms with E-state index in [0.29, 0.717) is 5.82 Å². The molecule has 22 heavy (non-hydrogen) atoms. The van der Waals surface area contributed by atoms with Gasteiger partial charge in [0, 0.05) is 7.05 Å². The molecule has 8 nitrogen and oxygen atoms in total. The molecule has 118 valence electrons. The number of likely N-dealkylation sites (N-methyl/N-ethyl adjacent to an activating group) is 1. The first kappa shape index (κ1) is 16.1. The molecule has 0 aliphatic heterocycles. The zero-order valence-corrected chi connectivity index (χ0v) is 13.3. The maximum absolute atomic E-state index is 11.8. The van der Waals surface area contributed by atoms with E-state index in [-0.39, 0.29) is 12.5 Å². The number of benzene rings is 1. The SMILES string of the molecule is Cc1nc(NC(=O)CN(C)S(C)(=O)=O)nn1-c1ccccc1. The number of rotatable bonds is 5. The number of nitrogens with one attached hydrogen (secondary N) is 1. The minimum Gasteiger partial charge on any atom is -0.292 e. The average molecular weight is 323 g/mol. The third-order valence-corrected chi connectivity index (χ3v) is 4.21. The van der Waals surface area contributed by atoms with Gasteiger partial charge in [0.05, 0.1) is 18.5 Å². The van der Waals surface area contributed by atoms with Crippen molar-refractivity contribution in [2.75, 3.05) is 25.2 Å². The number of hydrogen-bond acceptors (Lipinski definition) is 5. The second-order valence-electron chi connectivity index (χ2n) is 4.80. The summed E-state index contributed by atoms with van der Waals surface area (Å²) >= 11 is 0. The summed E-state index contributed by atoms with van der Waals surface area (Å²) in [5.41, 5.74) is 0.821. The summed E-state index contributed by atoms with van der Waals surface area (Å²) in [5.74, 6) is 0.240. The molecule has 9 heteroatoms. The minimum absolute atomic E-state index is 0.133. The number of amides is 1. The molecule has 0 saturated heterocycles. The van der Waals surface area contributed by atoms with Gasteiger partial charge < -0.3 is 0 Å². The van der Waals surface area contributed by atoms with Gasteiger partial charge in [-0.05, 0) is 19.1 Å². The van der Waals surface area contributed by atoms with Crippen LogP contribution in [0.3, 0.4) is 0 Å². The van der Waals surface area contributed by atoms with Crippen LogP contribution in [0.5, 0.6) is 0 Å². The van der Waals surface area contributed by atoms with Crippen molar-refractivity contribution in [3.05, 3.63) is 36.2 Å². The number of aromatic nitrogens is 3. The quantitative estimate of drug-likeness (QED) is 0.859. The first-order chi connectivity index (χ1) is 10.3. The molecular formula is C13H17N5O3S. The highest BCUT2D eigenvalue weighted by molar-refractivity contribution is 7.88. The molecule has 1 N–H and O–H groups in total. The van der Waals surface area contributed by atoms with Crippen LogP contribution in [0.2, 0.25) is 0 Å². The number of hydrogen-bond donors (Lipinski definition) is 1. The fourth-order valence-corrected chi connectivity index (χ4v) is 2.09. The lowest BCUT2D eigenvalue weighted by molar-refractivity contribution is -0.116. The third kappa shape index (κ3) is 3.89. The fraction of sp³-hybridized carbons (Fsp3) is 0.308. The Balaban J connectivity index is 2.10. The number of aryl methyl sites for hydroxylation is 1. The predicted molar refractivity (Wildman–Crippen MR) is 82.2 cm³/mol. The zero-order valence-electron chi connectivity index (χ0n) is 12.5. The highest BCUT2D eigenvalue weighted by Crippen LogP contribution is 2.11. The molecule has 1 aromatic heterocycles. The molecule has 0 radical (unpaired) electrons. The van der Waals surface area contributed by atoms with Gasteiger partial charge in [-0.15, -0.1) is 5.10 Å². The molecular weight excluding hydrogens is 306 g/mol. The van der Waals surface area contributed by atoms with Crippen molar-refractivity contribution in [3.63, 3.8) is 0 Å². The first-order valence-electron chi connectivity index (χ1n) is 6.47. The van der Waals surface area contributed by atoms with Crippen molar-refractivity contribution in [2.45, 2.75) is 6.92 Å². The lowest BCUT2D eigenvalue weighted by atomic mass is 10.3. The van der Waals surface area contributed by atoms with Gasteiger partial charge in [0.25, 0.3) is 0 Å². The van der Waals surface area contributed by atoms with Gasteiger partial charge >= 0.3 is 0 Å². The lowest BCUT2D eigenvalue weighted by Crippen LogP contribution is -2.34. The molecule has 0 bridgehead atoms. The Labute approximate surface area is 128 Å². The number of carbonyl (C=O) groups excluding carboxylic acids is 1. The number of para-hydroxylation sites is 1. The van der Waals surface area contributed by atoms with Crippen LogP contribution in [0.25, 0.3) is 5.69 Å². The highest BCUT2D eigenvalue weighted by atomic mass is 32.2. The van der Waals surface area contributed by atoms with Crippen LogP contribution in [-0.4, -0.2) is 53.2 Å². The van der Waals surface area contributed by atoms with Gasteiger partial charge in [0.2, 0.25) is 21.9 Å². The van der Waals surface area contributed by atoms with Crippen molar-refractivity contribution in [2.24, 2.45) is 0 Å². The van der Waals surface area contributed by atoms with Gasteiger partial charge in [-0.2, -0.15) is 9.29 Å². The van der Waals surface area contributed by atoms with Gasteiger partial charge in [-0.25, -0.2) is 13.1 Å². The van der Waals surface area contributed by atoms with Gasteiger partial charge in [0.1, 0.15) is 5.82 Å². The van der Waals surface area contributed by atoms with Crippen molar-refractivity contribution in [1.82, 2.24) is 19.1 Å². The summed E-state index contributed by atoms with van der Waals surface area (Å²) in [6, 6.07) is 9.36. The summed E-state index contributed by atoms with van der Waals surface area (Å²) in [4.78, 5) is 16.0. The monoisotopic (exact) mass is 323 g/mol. The standard InChI is InChI=1S/C13H17N5O3S/c1-10-14-13(15-12(19)9-17(2)22(3,20)21)16-18(10)11-7-5-4-6-8-11/h4-8H,9H2,1-3H3,(H,15,16,19). The summed E-state index contributed by atoms with van der Waals surface area (Å²) in [6.07, 6.45) is 1.03.